The Kier molecular flexibility index (Phi) is 7.51. The van der Waals surface area contributed by atoms with Crippen LogP contribution < -0.4 is 9.64 Å². The van der Waals surface area contributed by atoms with Gasteiger partial charge in [-0.1, -0.05) is 29.4 Å². The Labute approximate surface area is 252 Å². The molecule has 230 valence electrons. The molecule has 0 radical (unpaired) electrons. The van der Waals surface area contributed by atoms with Crippen LogP contribution in [0.3, 0.4) is 0 Å². The predicted octanol–water partition coefficient (Wildman–Crippen LogP) is 7.75. The van der Waals surface area contributed by atoms with Crippen LogP contribution in [0.2, 0.25) is 0 Å². The molecular weight excluding hydrogens is 549 g/mol. The van der Waals surface area contributed by atoms with E-state index in [-0.39, 0.29) is 28.9 Å². The molecule has 7 rings (SSSR count). The van der Waals surface area contributed by atoms with Crippen LogP contribution in [0, 0.1) is 5.41 Å². The van der Waals surface area contributed by atoms with E-state index in [2.05, 4.69) is 22.3 Å². The third-order valence-corrected chi connectivity index (χ3v) is 9.39. The molecule has 1 amide bonds. The monoisotopic (exact) mass is 591 g/mol. The molecule has 0 spiro atoms. The number of benzene rings is 2. The zero-order valence-electron chi connectivity index (χ0n) is 25.8. The summed E-state index contributed by atoms with van der Waals surface area (Å²) < 4.78 is 37.0. The van der Waals surface area contributed by atoms with Gasteiger partial charge in [-0.15, -0.1) is 0 Å². The van der Waals surface area contributed by atoms with Crippen molar-refractivity contribution in [3.8, 4) is 16.9 Å². The fourth-order valence-electron chi connectivity index (χ4n) is 6.68. The highest BCUT2D eigenvalue weighted by Gasteiger charge is 2.53. The lowest BCUT2D eigenvalue weighted by Crippen LogP contribution is -2.55. The number of alkyl halides is 1. The van der Waals surface area contributed by atoms with Crippen LogP contribution in [0.5, 0.6) is 5.75 Å². The van der Waals surface area contributed by atoms with Crippen LogP contribution in [0.1, 0.15) is 84.9 Å². The number of halogens is 1. The number of hydrogen-bond acceptors (Lipinski definition) is 7. The number of aromatic nitrogens is 2. The van der Waals surface area contributed by atoms with Crippen LogP contribution in [0.15, 0.2) is 53.1 Å². The topological polar surface area (TPSA) is 86.9 Å². The molecule has 9 heteroatoms. The van der Waals surface area contributed by atoms with Crippen molar-refractivity contribution in [1.29, 1.82) is 0 Å². The summed E-state index contributed by atoms with van der Waals surface area (Å²) in [5.74, 6) is 1.48. The van der Waals surface area contributed by atoms with Crippen LogP contribution in [-0.2, 0) is 20.6 Å². The lowest BCUT2D eigenvalue weighted by molar-refractivity contribution is -0.165. The van der Waals surface area contributed by atoms with E-state index in [1.807, 2.05) is 62.1 Å². The average Bonchev–Trinajstić information content (AvgIpc) is 3.49. The lowest BCUT2D eigenvalue weighted by atomic mass is 9.53. The molecule has 43 heavy (non-hydrogen) atoms. The Morgan fingerprint density at radius 3 is 2.26 bits per heavy atom. The highest BCUT2D eigenvalue weighted by atomic mass is 19.1. The van der Waals surface area contributed by atoms with Gasteiger partial charge >= 0.3 is 6.09 Å². The quantitative estimate of drug-likeness (QED) is 0.251. The van der Waals surface area contributed by atoms with Crippen molar-refractivity contribution in [1.82, 2.24) is 10.1 Å². The molecule has 4 aliphatic rings. The number of anilines is 1. The van der Waals surface area contributed by atoms with E-state index in [1.54, 1.807) is 0 Å². The maximum atomic E-state index is 14.5. The first-order valence-corrected chi connectivity index (χ1v) is 15.4. The maximum Gasteiger partial charge on any atom is 0.415 e. The Balaban J connectivity index is 1.24. The summed E-state index contributed by atoms with van der Waals surface area (Å²) in [6, 6.07) is 16.1. The number of hydrogen-bond donors (Lipinski definition) is 0. The number of carbonyl (C=O) groups is 1. The van der Waals surface area contributed by atoms with Crippen molar-refractivity contribution in [2.24, 2.45) is 5.41 Å². The summed E-state index contributed by atoms with van der Waals surface area (Å²) in [5.41, 5.74) is 0.301. The first kappa shape index (κ1) is 29.6. The maximum absolute atomic E-state index is 14.5. The molecule has 2 aromatic carbocycles. The Bertz CT molecular complexity index is 1430. The van der Waals surface area contributed by atoms with Crippen LogP contribution in [0.4, 0.5) is 14.9 Å². The molecule has 1 aromatic heterocycles. The second-order valence-corrected chi connectivity index (χ2v) is 13.8. The average molecular weight is 592 g/mol. The molecular formula is C34H42FN3O5. The summed E-state index contributed by atoms with van der Waals surface area (Å²) in [6.45, 7) is 10.1. The molecule has 3 saturated carbocycles. The predicted molar refractivity (Wildman–Crippen MR) is 161 cm³/mol. The highest BCUT2D eigenvalue weighted by molar-refractivity contribution is 5.89. The summed E-state index contributed by atoms with van der Waals surface area (Å²) in [4.78, 5) is 20.1. The van der Waals surface area contributed by atoms with Gasteiger partial charge in [0.25, 0.3) is 5.89 Å². The molecule has 0 unspecified atom stereocenters. The number of ether oxygens (including phenoxy) is 3. The fourth-order valence-corrected chi connectivity index (χ4v) is 6.68. The van der Waals surface area contributed by atoms with E-state index in [0.717, 1.165) is 61.1 Å². The fraction of sp³-hybridized carbons (Fsp3) is 0.559. The summed E-state index contributed by atoms with van der Waals surface area (Å²) in [6.07, 6.45) is 5.11. The van der Waals surface area contributed by atoms with Gasteiger partial charge in [0.1, 0.15) is 5.75 Å². The largest absolute Gasteiger partial charge is 0.491 e. The smallest absolute Gasteiger partial charge is 0.415 e. The van der Waals surface area contributed by atoms with Gasteiger partial charge in [-0.3, -0.25) is 4.90 Å². The first-order chi connectivity index (χ1) is 20.4. The standard InChI is InChI=1S/C34H42FN3O5/c1-23(2)41-27-11-9-24(10-12-27)25-7-6-8-26(19-25)38(30(39)42-32(5)21-40-22-32)20-33-13-16-34(17-14-33,18-15-33)28-36-29(43-37-28)31(3,4)35/h6-12,19,23H,13-18,20-22H2,1-5H3. The van der Waals surface area contributed by atoms with Gasteiger partial charge in [-0.25, -0.2) is 9.18 Å². The molecule has 1 aliphatic heterocycles. The number of carbonyl (C=O) groups excluding carboxylic acids is 1. The Morgan fingerprint density at radius 2 is 1.70 bits per heavy atom. The van der Waals surface area contributed by atoms with Crippen molar-refractivity contribution in [3.63, 3.8) is 0 Å². The van der Waals surface area contributed by atoms with Gasteiger partial charge in [0.2, 0.25) is 0 Å². The van der Waals surface area contributed by atoms with Crippen molar-refractivity contribution in [2.75, 3.05) is 24.7 Å². The third-order valence-electron chi connectivity index (χ3n) is 9.39. The molecule has 0 N–H and O–H groups in total. The SMILES string of the molecule is CC(C)Oc1ccc(-c2cccc(N(CC34CCC(c5noc(C(C)(C)F)n5)(CC3)CC4)C(=O)OC3(C)COC3)c2)cc1. The third kappa shape index (κ3) is 6.01. The minimum Gasteiger partial charge on any atom is -0.491 e. The van der Waals surface area contributed by atoms with Crippen molar-refractivity contribution < 1.29 is 27.9 Å². The zero-order valence-corrected chi connectivity index (χ0v) is 25.8. The molecule has 3 aliphatic carbocycles. The number of rotatable bonds is 9. The minimum atomic E-state index is -1.67. The second-order valence-electron chi connectivity index (χ2n) is 13.8. The summed E-state index contributed by atoms with van der Waals surface area (Å²) in [5, 5.41) is 4.22. The van der Waals surface area contributed by atoms with E-state index in [9.17, 15) is 9.18 Å². The molecule has 0 atom stereocenters. The molecule has 2 bridgehead atoms. The van der Waals surface area contributed by atoms with E-state index in [4.69, 9.17) is 18.7 Å². The normalized spacial score (nSPS) is 24.4. The van der Waals surface area contributed by atoms with Crippen LogP contribution in [-0.4, -0.2) is 47.7 Å². The van der Waals surface area contributed by atoms with Crippen molar-refractivity contribution in [2.45, 2.75) is 95.9 Å². The van der Waals surface area contributed by atoms with Crippen molar-refractivity contribution in [3.05, 3.63) is 60.2 Å². The molecule has 1 saturated heterocycles. The van der Waals surface area contributed by atoms with Gasteiger partial charge in [-0.05, 0) is 114 Å². The minimum absolute atomic E-state index is 0.0312. The lowest BCUT2D eigenvalue weighted by Gasteiger charge is -2.53. The van der Waals surface area contributed by atoms with E-state index in [1.165, 1.54) is 13.8 Å². The molecule has 3 aromatic rings. The number of nitrogens with zero attached hydrogens (tertiary/aromatic N) is 3. The van der Waals surface area contributed by atoms with E-state index < -0.39 is 11.3 Å². The van der Waals surface area contributed by atoms with Gasteiger partial charge in [0.05, 0.1) is 19.3 Å². The number of fused-ring (bicyclic) bond motifs is 3. The van der Waals surface area contributed by atoms with Crippen molar-refractivity contribution >= 4 is 11.8 Å². The summed E-state index contributed by atoms with van der Waals surface area (Å²) in [7, 11) is 0. The first-order valence-electron chi connectivity index (χ1n) is 15.4. The van der Waals surface area contributed by atoms with E-state index >= 15 is 0 Å². The Hall–Kier alpha value is -3.46. The molecule has 2 heterocycles. The Morgan fingerprint density at radius 1 is 1.02 bits per heavy atom. The highest BCUT2D eigenvalue weighted by Crippen LogP contribution is 2.57. The molecule has 8 nitrogen and oxygen atoms in total. The van der Waals surface area contributed by atoms with Crippen LogP contribution in [0.25, 0.3) is 11.1 Å². The second kappa shape index (κ2) is 10.9. The van der Waals surface area contributed by atoms with Gasteiger partial charge in [0.15, 0.2) is 17.1 Å². The number of amides is 1. The van der Waals surface area contributed by atoms with Gasteiger partial charge in [0, 0.05) is 17.6 Å². The zero-order chi connectivity index (χ0) is 30.5. The van der Waals surface area contributed by atoms with Crippen LogP contribution >= 0.6 is 0 Å². The van der Waals surface area contributed by atoms with Gasteiger partial charge < -0.3 is 18.7 Å². The van der Waals surface area contributed by atoms with E-state index in [0.29, 0.717) is 25.6 Å². The molecule has 4 fully saturated rings. The van der Waals surface area contributed by atoms with Gasteiger partial charge in [-0.2, -0.15) is 4.98 Å². The summed E-state index contributed by atoms with van der Waals surface area (Å²) >= 11 is 0.